The molecular formula is C27H39N3O5. The zero-order valence-electron chi connectivity index (χ0n) is 21.6. The lowest BCUT2D eigenvalue weighted by Crippen LogP contribution is -2.51. The molecule has 0 bridgehead atoms. The van der Waals surface area contributed by atoms with Crippen molar-refractivity contribution >= 4 is 18.0 Å². The summed E-state index contributed by atoms with van der Waals surface area (Å²) >= 11 is 0. The van der Waals surface area contributed by atoms with E-state index in [4.69, 9.17) is 9.47 Å². The van der Waals surface area contributed by atoms with Crippen LogP contribution in [0.4, 0.5) is 4.79 Å². The molecule has 8 heteroatoms. The van der Waals surface area contributed by atoms with Crippen LogP contribution in [0.25, 0.3) is 0 Å². The molecule has 0 aromatic heterocycles. The third kappa shape index (κ3) is 6.23. The van der Waals surface area contributed by atoms with Gasteiger partial charge in [-0.2, -0.15) is 0 Å². The van der Waals surface area contributed by atoms with Gasteiger partial charge < -0.3 is 14.8 Å². The molecule has 0 saturated carbocycles. The second kappa shape index (κ2) is 12.2. The molecule has 8 nitrogen and oxygen atoms in total. The number of piperidine rings is 1. The molecule has 0 radical (unpaired) electrons. The molecule has 1 aromatic carbocycles. The van der Waals surface area contributed by atoms with Gasteiger partial charge in [0.2, 0.25) is 0 Å². The zero-order valence-corrected chi connectivity index (χ0v) is 21.6. The fraction of sp³-hybridized carbons (Fsp3) is 0.593. The summed E-state index contributed by atoms with van der Waals surface area (Å²) in [6.45, 7) is 12.4. The van der Waals surface area contributed by atoms with Crippen molar-refractivity contribution < 1.29 is 23.9 Å². The maximum absolute atomic E-state index is 13.3. The molecule has 2 amide bonds. The first-order valence-electron chi connectivity index (χ1n) is 12.8. The second-order valence-electron chi connectivity index (χ2n) is 9.36. The first-order chi connectivity index (χ1) is 16.8. The number of esters is 2. The number of ether oxygens (including phenoxy) is 2. The molecular weight excluding hydrogens is 446 g/mol. The summed E-state index contributed by atoms with van der Waals surface area (Å²) in [5.74, 6) is -0.448. The Hall–Kier alpha value is -2.87. The van der Waals surface area contributed by atoms with Crippen LogP contribution < -0.4 is 5.32 Å². The SMILES string of the molecule is CCOC(=O)C1=C(CN2CCC[C@@H](C(=O)OCC)C2)N(CC)C(=O)N[C@H]1c1ccc(C(C)C)cc1. The summed E-state index contributed by atoms with van der Waals surface area (Å²) in [5, 5.41) is 3.02. The molecule has 0 unspecified atom stereocenters. The number of benzene rings is 1. The minimum Gasteiger partial charge on any atom is -0.466 e. The minimum atomic E-state index is -0.605. The summed E-state index contributed by atoms with van der Waals surface area (Å²) in [7, 11) is 0. The Morgan fingerprint density at radius 3 is 2.37 bits per heavy atom. The molecule has 1 fully saturated rings. The molecule has 35 heavy (non-hydrogen) atoms. The topological polar surface area (TPSA) is 88.2 Å². The van der Waals surface area contributed by atoms with E-state index >= 15 is 0 Å². The lowest BCUT2D eigenvalue weighted by atomic mass is 9.91. The van der Waals surface area contributed by atoms with Crippen LogP contribution in [0.3, 0.4) is 0 Å². The standard InChI is InChI=1S/C27H39N3O5/c1-6-30-22(17-29-15-9-10-21(16-29)25(31)34-7-2)23(26(32)35-8-3)24(28-27(30)33)20-13-11-19(12-14-20)18(4)5/h11-14,18,21,24H,6-10,15-17H2,1-5H3,(H,28,33)/t21-,24+/m1/s1. The number of nitrogens with one attached hydrogen (secondary N) is 1. The van der Waals surface area contributed by atoms with E-state index in [9.17, 15) is 14.4 Å². The van der Waals surface area contributed by atoms with Crippen LogP contribution in [0.15, 0.2) is 35.5 Å². The van der Waals surface area contributed by atoms with Crippen molar-refractivity contribution in [2.75, 3.05) is 39.4 Å². The summed E-state index contributed by atoms with van der Waals surface area (Å²) in [6, 6.07) is 7.16. The number of likely N-dealkylation sites (tertiary alicyclic amines) is 1. The Morgan fingerprint density at radius 1 is 1.09 bits per heavy atom. The fourth-order valence-corrected chi connectivity index (χ4v) is 4.84. The largest absolute Gasteiger partial charge is 0.466 e. The maximum Gasteiger partial charge on any atom is 0.338 e. The van der Waals surface area contributed by atoms with Gasteiger partial charge in [-0.25, -0.2) is 9.59 Å². The third-order valence-corrected chi connectivity index (χ3v) is 6.69. The van der Waals surface area contributed by atoms with Gasteiger partial charge in [0, 0.05) is 25.3 Å². The van der Waals surface area contributed by atoms with E-state index in [2.05, 4.69) is 24.1 Å². The van der Waals surface area contributed by atoms with Crippen LogP contribution in [0, 0.1) is 5.92 Å². The first kappa shape index (κ1) is 26.7. The highest BCUT2D eigenvalue weighted by Gasteiger charge is 2.39. The maximum atomic E-state index is 13.3. The summed E-state index contributed by atoms with van der Waals surface area (Å²) in [6.07, 6.45) is 1.63. The molecule has 1 saturated heterocycles. The quantitative estimate of drug-likeness (QED) is 0.532. The predicted octanol–water partition coefficient (Wildman–Crippen LogP) is 3.99. The van der Waals surface area contributed by atoms with Crippen molar-refractivity contribution in [1.82, 2.24) is 15.1 Å². The number of likely N-dealkylation sites (N-methyl/N-ethyl adjacent to an activating group) is 1. The zero-order chi connectivity index (χ0) is 25.5. The monoisotopic (exact) mass is 485 g/mol. The van der Waals surface area contributed by atoms with Crippen LogP contribution in [-0.2, 0) is 19.1 Å². The van der Waals surface area contributed by atoms with Crippen LogP contribution in [0.2, 0.25) is 0 Å². The van der Waals surface area contributed by atoms with Gasteiger partial charge in [-0.3, -0.25) is 14.6 Å². The molecule has 0 spiro atoms. The van der Waals surface area contributed by atoms with Crippen molar-refractivity contribution in [1.29, 1.82) is 0 Å². The van der Waals surface area contributed by atoms with E-state index in [0.29, 0.717) is 43.4 Å². The van der Waals surface area contributed by atoms with E-state index < -0.39 is 12.0 Å². The van der Waals surface area contributed by atoms with Crippen molar-refractivity contribution in [3.63, 3.8) is 0 Å². The number of hydrogen-bond acceptors (Lipinski definition) is 6. The highest BCUT2D eigenvalue weighted by Crippen LogP contribution is 2.33. The molecule has 192 valence electrons. The number of amides is 2. The lowest BCUT2D eigenvalue weighted by Gasteiger charge is -2.39. The van der Waals surface area contributed by atoms with E-state index in [1.165, 1.54) is 5.56 Å². The molecule has 1 N–H and O–H groups in total. The number of carbonyl (C=O) groups is 3. The van der Waals surface area contributed by atoms with Crippen LogP contribution in [-0.4, -0.2) is 67.2 Å². The minimum absolute atomic E-state index is 0.186. The van der Waals surface area contributed by atoms with Crippen molar-refractivity contribution in [2.45, 2.75) is 59.4 Å². The van der Waals surface area contributed by atoms with Crippen molar-refractivity contribution in [3.05, 3.63) is 46.7 Å². The third-order valence-electron chi connectivity index (χ3n) is 6.69. The van der Waals surface area contributed by atoms with Gasteiger partial charge in [0.1, 0.15) is 0 Å². The van der Waals surface area contributed by atoms with Gasteiger partial charge in [-0.1, -0.05) is 38.1 Å². The van der Waals surface area contributed by atoms with E-state index in [-0.39, 0.29) is 24.5 Å². The molecule has 2 aliphatic heterocycles. The Kier molecular flexibility index (Phi) is 9.32. The van der Waals surface area contributed by atoms with Gasteiger partial charge in [-0.15, -0.1) is 0 Å². The number of urea groups is 1. The Balaban J connectivity index is 2.00. The van der Waals surface area contributed by atoms with E-state index in [0.717, 1.165) is 24.9 Å². The van der Waals surface area contributed by atoms with Gasteiger partial charge in [0.05, 0.1) is 30.7 Å². The number of carbonyl (C=O) groups excluding carboxylic acids is 3. The molecule has 2 aliphatic rings. The predicted molar refractivity (Wildman–Crippen MR) is 134 cm³/mol. The molecule has 2 atom stereocenters. The van der Waals surface area contributed by atoms with Gasteiger partial charge in [0.25, 0.3) is 0 Å². The van der Waals surface area contributed by atoms with Crippen molar-refractivity contribution in [3.8, 4) is 0 Å². The molecule has 2 heterocycles. The molecule has 3 rings (SSSR count). The van der Waals surface area contributed by atoms with E-state index in [1.807, 2.05) is 38.1 Å². The average Bonchev–Trinajstić information content (AvgIpc) is 2.84. The Labute approximate surface area is 208 Å². The van der Waals surface area contributed by atoms with Crippen LogP contribution in [0.5, 0.6) is 0 Å². The number of nitrogens with zero attached hydrogens (tertiary/aromatic N) is 2. The summed E-state index contributed by atoms with van der Waals surface area (Å²) < 4.78 is 10.7. The van der Waals surface area contributed by atoms with Crippen LogP contribution >= 0.6 is 0 Å². The van der Waals surface area contributed by atoms with Crippen LogP contribution in [0.1, 0.15) is 70.5 Å². The smallest absolute Gasteiger partial charge is 0.338 e. The van der Waals surface area contributed by atoms with Gasteiger partial charge in [0.15, 0.2) is 0 Å². The Morgan fingerprint density at radius 2 is 1.77 bits per heavy atom. The molecule has 1 aromatic rings. The van der Waals surface area contributed by atoms with Gasteiger partial charge in [-0.05, 0) is 57.2 Å². The Bertz CT molecular complexity index is 941. The average molecular weight is 486 g/mol. The second-order valence-corrected chi connectivity index (χ2v) is 9.36. The fourth-order valence-electron chi connectivity index (χ4n) is 4.84. The highest BCUT2D eigenvalue weighted by molar-refractivity contribution is 5.95. The van der Waals surface area contributed by atoms with Crippen molar-refractivity contribution in [2.24, 2.45) is 5.92 Å². The number of hydrogen-bond donors (Lipinski definition) is 1. The summed E-state index contributed by atoms with van der Waals surface area (Å²) in [4.78, 5) is 42.6. The lowest BCUT2D eigenvalue weighted by molar-refractivity contribution is -0.150. The first-order valence-corrected chi connectivity index (χ1v) is 12.8. The normalized spacial score (nSPS) is 21.2. The summed E-state index contributed by atoms with van der Waals surface area (Å²) in [5.41, 5.74) is 3.11. The number of rotatable bonds is 9. The molecule has 0 aliphatic carbocycles. The highest BCUT2D eigenvalue weighted by atomic mass is 16.5. The van der Waals surface area contributed by atoms with E-state index in [1.54, 1.807) is 11.8 Å². The van der Waals surface area contributed by atoms with Gasteiger partial charge >= 0.3 is 18.0 Å².